The zero-order chi connectivity index (χ0) is 20.5. The van der Waals surface area contributed by atoms with E-state index in [1.54, 1.807) is 6.26 Å². The first-order valence-corrected chi connectivity index (χ1v) is 10.3. The minimum atomic E-state index is 0.513. The minimum Gasteiger partial charge on any atom is -0.489 e. The lowest BCUT2D eigenvalue weighted by Gasteiger charge is -2.12. The Hall–Kier alpha value is -3.59. The number of hydrogen-bond donors (Lipinski definition) is 0. The molecule has 3 nitrogen and oxygen atoms in total. The van der Waals surface area contributed by atoms with Gasteiger partial charge in [-0.1, -0.05) is 37.3 Å². The molecular formula is C27H23NO2. The molecular weight excluding hydrogens is 370 g/mol. The summed E-state index contributed by atoms with van der Waals surface area (Å²) in [6, 6.07) is 23.1. The van der Waals surface area contributed by atoms with Crippen LogP contribution in [-0.2, 0) is 13.0 Å². The summed E-state index contributed by atoms with van der Waals surface area (Å²) in [4.78, 5) is 4.45. The van der Waals surface area contributed by atoms with E-state index in [1.165, 1.54) is 10.9 Å². The summed E-state index contributed by atoms with van der Waals surface area (Å²) in [5.74, 6) is 0.946. The maximum absolute atomic E-state index is 6.18. The molecule has 2 aromatic heterocycles. The standard InChI is InChI=1S/C27H23NO2/c1-3-20-6-4-5-7-26(20)30-17-19-14-23-11-13-29-27(23)25(15-19)22-9-8-21-10-12-28-18(2)24(21)16-22/h4-16H,3,17H2,1-2H3. The van der Waals surface area contributed by atoms with Crippen LogP contribution in [0.15, 0.2) is 83.6 Å². The Balaban J connectivity index is 1.56. The van der Waals surface area contributed by atoms with Crippen LogP contribution in [0.2, 0.25) is 0 Å². The summed E-state index contributed by atoms with van der Waals surface area (Å²) < 4.78 is 12.0. The Labute approximate surface area is 175 Å². The third-order valence-electron chi connectivity index (χ3n) is 5.64. The zero-order valence-corrected chi connectivity index (χ0v) is 17.2. The van der Waals surface area contributed by atoms with Crippen LogP contribution < -0.4 is 4.74 Å². The molecule has 0 unspecified atom stereocenters. The van der Waals surface area contributed by atoms with E-state index in [0.29, 0.717) is 6.61 Å². The Morgan fingerprint density at radius 1 is 0.933 bits per heavy atom. The zero-order valence-electron chi connectivity index (χ0n) is 17.2. The topological polar surface area (TPSA) is 35.3 Å². The van der Waals surface area contributed by atoms with Crippen molar-refractivity contribution in [1.82, 2.24) is 4.98 Å². The molecule has 0 radical (unpaired) electrons. The normalized spacial score (nSPS) is 11.3. The van der Waals surface area contributed by atoms with Crippen LogP contribution in [0, 0.1) is 6.92 Å². The van der Waals surface area contributed by atoms with E-state index >= 15 is 0 Å². The predicted molar refractivity (Wildman–Crippen MR) is 122 cm³/mol. The molecule has 0 aliphatic rings. The van der Waals surface area contributed by atoms with Gasteiger partial charge in [-0.25, -0.2) is 0 Å². The summed E-state index contributed by atoms with van der Waals surface area (Å²) in [5, 5.41) is 3.43. The molecule has 0 spiro atoms. The summed E-state index contributed by atoms with van der Waals surface area (Å²) in [6.07, 6.45) is 4.56. The largest absolute Gasteiger partial charge is 0.489 e. The first-order valence-electron chi connectivity index (χ1n) is 10.3. The lowest BCUT2D eigenvalue weighted by molar-refractivity contribution is 0.303. The fourth-order valence-electron chi connectivity index (χ4n) is 4.02. The molecule has 5 rings (SSSR count). The molecule has 3 aromatic carbocycles. The number of fused-ring (bicyclic) bond motifs is 2. The predicted octanol–water partition coefficient (Wildman–Crippen LogP) is 7.10. The van der Waals surface area contributed by atoms with Crippen molar-refractivity contribution in [3.63, 3.8) is 0 Å². The Morgan fingerprint density at radius 3 is 2.73 bits per heavy atom. The number of para-hydroxylation sites is 1. The van der Waals surface area contributed by atoms with Crippen molar-refractivity contribution in [2.75, 3.05) is 0 Å². The molecule has 0 aliphatic heterocycles. The van der Waals surface area contributed by atoms with Gasteiger partial charge in [-0.05, 0) is 71.8 Å². The first kappa shape index (κ1) is 18.4. The molecule has 3 heteroatoms. The van der Waals surface area contributed by atoms with Gasteiger partial charge in [0, 0.05) is 28.2 Å². The number of rotatable bonds is 5. The summed E-state index contributed by atoms with van der Waals surface area (Å²) in [6.45, 7) is 4.71. The van der Waals surface area contributed by atoms with E-state index in [1.807, 2.05) is 37.4 Å². The SMILES string of the molecule is CCc1ccccc1OCc1cc(-c2ccc3ccnc(C)c3c2)c2occc2c1. The molecule has 0 fully saturated rings. The van der Waals surface area contributed by atoms with Crippen molar-refractivity contribution >= 4 is 21.7 Å². The number of nitrogens with zero attached hydrogens (tertiary/aromatic N) is 1. The Morgan fingerprint density at radius 2 is 1.83 bits per heavy atom. The van der Waals surface area contributed by atoms with Crippen molar-refractivity contribution in [2.24, 2.45) is 0 Å². The molecule has 5 aromatic rings. The molecule has 2 heterocycles. The van der Waals surface area contributed by atoms with Gasteiger partial charge in [0.05, 0.1) is 6.26 Å². The fraction of sp³-hybridized carbons (Fsp3) is 0.148. The number of hydrogen-bond acceptors (Lipinski definition) is 3. The average molecular weight is 393 g/mol. The molecule has 0 N–H and O–H groups in total. The van der Waals surface area contributed by atoms with Crippen molar-refractivity contribution in [1.29, 1.82) is 0 Å². The van der Waals surface area contributed by atoms with Gasteiger partial charge >= 0.3 is 0 Å². The highest BCUT2D eigenvalue weighted by Gasteiger charge is 2.12. The van der Waals surface area contributed by atoms with Gasteiger partial charge in [0.2, 0.25) is 0 Å². The third-order valence-corrected chi connectivity index (χ3v) is 5.64. The lowest BCUT2D eigenvalue weighted by atomic mass is 9.98. The summed E-state index contributed by atoms with van der Waals surface area (Å²) in [5.41, 5.74) is 6.46. The number of benzene rings is 3. The highest BCUT2D eigenvalue weighted by Crippen LogP contribution is 2.34. The van der Waals surface area contributed by atoms with Crippen molar-refractivity contribution in [3.05, 3.63) is 96.0 Å². The molecule has 0 amide bonds. The number of pyridine rings is 1. The lowest BCUT2D eigenvalue weighted by Crippen LogP contribution is -1.98. The maximum Gasteiger partial charge on any atom is 0.141 e. The monoisotopic (exact) mass is 393 g/mol. The molecule has 0 saturated heterocycles. The Bertz CT molecular complexity index is 1350. The van der Waals surface area contributed by atoms with Crippen LogP contribution >= 0.6 is 0 Å². The van der Waals surface area contributed by atoms with E-state index < -0.39 is 0 Å². The van der Waals surface area contributed by atoms with Gasteiger partial charge in [-0.3, -0.25) is 4.98 Å². The second-order valence-electron chi connectivity index (χ2n) is 7.56. The third kappa shape index (κ3) is 3.33. The number of furan rings is 1. The van der Waals surface area contributed by atoms with E-state index in [4.69, 9.17) is 9.15 Å². The van der Waals surface area contributed by atoms with Crippen LogP contribution in [0.3, 0.4) is 0 Å². The second kappa shape index (κ2) is 7.68. The van der Waals surface area contributed by atoms with E-state index in [9.17, 15) is 0 Å². The molecule has 148 valence electrons. The van der Waals surface area contributed by atoms with Crippen molar-refractivity contribution in [2.45, 2.75) is 26.9 Å². The quantitative estimate of drug-likeness (QED) is 0.319. The molecule has 0 atom stereocenters. The van der Waals surface area contributed by atoms with Gasteiger partial charge in [0.25, 0.3) is 0 Å². The molecule has 0 bridgehead atoms. The number of aryl methyl sites for hydroxylation is 2. The highest BCUT2D eigenvalue weighted by atomic mass is 16.5. The fourth-order valence-corrected chi connectivity index (χ4v) is 4.02. The highest BCUT2D eigenvalue weighted by molar-refractivity contribution is 5.96. The van der Waals surface area contributed by atoms with Gasteiger partial charge in [-0.2, -0.15) is 0 Å². The summed E-state index contributed by atoms with van der Waals surface area (Å²) >= 11 is 0. The van der Waals surface area contributed by atoms with Crippen LogP contribution in [0.4, 0.5) is 0 Å². The number of ether oxygens (including phenoxy) is 1. The summed E-state index contributed by atoms with van der Waals surface area (Å²) in [7, 11) is 0. The number of aromatic nitrogens is 1. The van der Waals surface area contributed by atoms with Gasteiger partial charge < -0.3 is 9.15 Å². The average Bonchev–Trinajstić information content (AvgIpc) is 3.26. The van der Waals surface area contributed by atoms with Crippen LogP contribution in [-0.4, -0.2) is 4.98 Å². The first-order chi connectivity index (χ1) is 14.7. The van der Waals surface area contributed by atoms with Gasteiger partial charge in [-0.15, -0.1) is 0 Å². The Kier molecular flexibility index (Phi) is 4.72. The second-order valence-corrected chi connectivity index (χ2v) is 7.56. The maximum atomic E-state index is 6.18. The van der Waals surface area contributed by atoms with Gasteiger partial charge in [0.15, 0.2) is 0 Å². The molecule has 0 saturated carbocycles. The van der Waals surface area contributed by atoms with Crippen molar-refractivity contribution < 1.29 is 9.15 Å². The van der Waals surface area contributed by atoms with E-state index in [2.05, 4.69) is 54.4 Å². The van der Waals surface area contributed by atoms with Gasteiger partial charge in [0.1, 0.15) is 17.9 Å². The minimum absolute atomic E-state index is 0.513. The molecule has 0 aliphatic carbocycles. The molecule has 30 heavy (non-hydrogen) atoms. The van der Waals surface area contributed by atoms with E-state index in [0.717, 1.165) is 50.9 Å². The van der Waals surface area contributed by atoms with E-state index in [-0.39, 0.29) is 0 Å². The van der Waals surface area contributed by atoms with Crippen LogP contribution in [0.5, 0.6) is 5.75 Å². The van der Waals surface area contributed by atoms with Crippen molar-refractivity contribution in [3.8, 4) is 16.9 Å². The van der Waals surface area contributed by atoms with Crippen LogP contribution in [0.25, 0.3) is 32.9 Å². The van der Waals surface area contributed by atoms with Crippen LogP contribution in [0.1, 0.15) is 23.7 Å². The smallest absolute Gasteiger partial charge is 0.141 e.